The maximum Gasteiger partial charge on any atom is 0.197 e. The smallest absolute Gasteiger partial charge is 0.197 e. The van der Waals surface area contributed by atoms with Crippen LogP contribution in [0.25, 0.3) is 23.1 Å². The standard InChI is InChI=1S/C17H11ClO3/c18-13-5-2-1-4-11(13)8-9-12-10-15(20)17-14(19)6-3-7-16(17)21-12/h1-10,19H/b9-8+. The van der Waals surface area contributed by atoms with Gasteiger partial charge < -0.3 is 9.52 Å². The molecule has 3 rings (SSSR count). The van der Waals surface area contributed by atoms with Crippen LogP contribution in [0.5, 0.6) is 5.75 Å². The fourth-order valence-corrected chi connectivity index (χ4v) is 2.27. The summed E-state index contributed by atoms with van der Waals surface area (Å²) >= 11 is 6.06. The predicted octanol–water partition coefficient (Wildman–Crippen LogP) is 4.32. The van der Waals surface area contributed by atoms with Crippen molar-refractivity contribution in [2.45, 2.75) is 0 Å². The number of halogens is 1. The Morgan fingerprint density at radius 1 is 1.05 bits per heavy atom. The van der Waals surface area contributed by atoms with Crippen LogP contribution in [0.1, 0.15) is 11.3 Å². The predicted molar refractivity (Wildman–Crippen MR) is 84.5 cm³/mol. The van der Waals surface area contributed by atoms with Crippen molar-refractivity contribution in [2.75, 3.05) is 0 Å². The Morgan fingerprint density at radius 3 is 2.67 bits per heavy atom. The van der Waals surface area contributed by atoms with Gasteiger partial charge in [0.05, 0.1) is 0 Å². The zero-order valence-corrected chi connectivity index (χ0v) is 11.7. The van der Waals surface area contributed by atoms with Crippen molar-refractivity contribution in [2.24, 2.45) is 0 Å². The minimum atomic E-state index is -0.284. The summed E-state index contributed by atoms with van der Waals surface area (Å²) in [5.41, 5.74) is 0.896. The second-order valence-electron chi connectivity index (χ2n) is 4.52. The monoisotopic (exact) mass is 298 g/mol. The molecule has 0 aliphatic carbocycles. The summed E-state index contributed by atoms with van der Waals surface area (Å²) in [5, 5.41) is 10.5. The van der Waals surface area contributed by atoms with Gasteiger partial charge in [0.1, 0.15) is 22.5 Å². The van der Waals surface area contributed by atoms with Crippen LogP contribution in [0.2, 0.25) is 5.02 Å². The van der Waals surface area contributed by atoms with Crippen LogP contribution in [-0.4, -0.2) is 5.11 Å². The molecule has 0 aliphatic rings. The Hall–Kier alpha value is -2.52. The van der Waals surface area contributed by atoms with Crippen molar-refractivity contribution in [1.29, 1.82) is 0 Å². The van der Waals surface area contributed by atoms with Crippen molar-refractivity contribution in [1.82, 2.24) is 0 Å². The van der Waals surface area contributed by atoms with Crippen molar-refractivity contribution < 1.29 is 9.52 Å². The molecule has 0 radical (unpaired) electrons. The molecular weight excluding hydrogens is 288 g/mol. The largest absolute Gasteiger partial charge is 0.507 e. The number of phenolic OH excluding ortho intramolecular Hbond substituents is 1. The molecule has 21 heavy (non-hydrogen) atoms. The van der Waals surface area contributed by atoms with E-state index in [1.165, 1.54) is 12.1 Å². The molecule has 0 fully saturated rings. The Bertz CT molecular complexity index is 894. The molecule has 3 aromatic rings. The number of aromatic hydroxyl groups is 1. The molecule has 1 heterocycles. The number of rotatable bonds is 2. The summed E-state index contributed by atoms with van der Waals surface area (Å²) in [5.74, 6) is 0.320. The fraction of sp³-hybridized carbons (Fsp3) is 0. The van der Waals surface area contributed by atoms with Crippen LogP contribution >= 0.6 is 11.6 Å². The summed E-state index contributed by atoms with van der Waals surface area (Å²) in [6.07, 6.45) is 3.45. The molecule has 0 unspecified atom stereocenters. The lowest BCUT2D eigenvalue weighted by Crippen LogP contribution is -2.00. The van der Waals surface area contributed by atoms with Crippen LogP contribution in [0.3, 0.4) is 0 Å². The normalized spacial score (nSPS) is 11.3. The third kappa shape index (κ3) is 2.69. The van der Waals surface area contributed by atoms with Gasteiger partial charge in [-0.1, -0.05) is 35.9 Å². The van der Waals surface area contributed by atoms with E-state index in [1.54, 1.807) is 30.4 Å². The van der Waals surface area contributed by atoms with Gasteiger partial charge in [-0.3, -0.25) is 4.79 Å². The van der Waals surface area contributed by atoms with Crippen molar-refractivity contribution in [3.05, 3.63) is 75.1 Å². The summed E-state index contributed by atoms with van der Waals surface area (Å²) < 4.78 is 5.60. The lowest BCUT2D eigenvalue weighted by molar-refractivity contribution is 0.479. The lowest BCUT2D eigenvalue weighted by atomic mass is 10.1. The molecule has 4 heteroatoms. The van der Waals surface area contributed by atoms with Crippen LogP contribution in [-0.2, 0) is 0 Å². The van der Waals surface area contributed by atoms with Crippen molar-refractivity contribution in [3.8, 4) is 5.75 Å². The highest BCUT2D eigenvalue weighted by Gasteiger charge is 2.07. The van der Waals surface area contributed by atoms with Gasteiger partial charge in [0.25, 0.3) is 0 Å². The highest BCUT2D eigenvalue weighted by Crippen LogP contribution is 2.23. The van der Waals surface area contributed by atoms with E-state index in [-0.39, 0.29) is 16.6 Å². The minimum Gasteiger partial charge on any atom is -0.507 e. The maximum absolute atomic E-state index is 12.0. The van der Waals surface area contributed by atoms with E-state index in [1.807, 2.05) is 18.2 Å². The van der Waals surface area contributed by atoms with Gasteiger partial charge in [-0.15, -0.1) is 0 Å². The molecule has 1 aromatic heterocycles. The molecule has 0 atom stereocenters. The van der Waals surface area contributed by atoms with Gasteiger partial charge in [0, 0.05) is 11.1 Å². The van der Waals surface area contributed by atoms with Gasteiger partial charge in [0.2, 0.25) is 0 Å². The first kappa shape index (κ1) is 13.5. The highest BCUT2D eigenvalue weighted by molar-refractivity contribution is 6.32. The first-order valence-corrected chi connectivity index (χ1v) is 6.71. The third-order valence-corrected chi connectivity index (χ3v) is 3.43. The topological polar surface area (TPSA) is 50.4 Å². The van der Waals surface area contributed by atoms with E-state index in [0.717, 1.165) is 5.56 Å². The summed E-state index contributed by atoms with van der Waals surface area (Å²) in [6.45, 7) is 0. The average Bonchev–Trinajstić information content (AvgIpc) is 2.46. The van der Waals surface area contributed by atoms with Gasteiger partial charge in [-0.2, -0.15) is 0 Å². The first-order chi connectivity index (χ1) is 10.1. The van der Waals surface area contributed by atoms with Gasteiger partial charge >= 0.3 is 0 Å². The molecule has 0 saturated carbocycles. The Kier molecular flexibility index (Phi) is 3.50. The second-order valence-corrected chi connectivity index (χ2v) is 4.93. The van der Waals surface area contributed by atoms with E-state index in [0.29, 0.717) is 16.4 Å². The molecule has 0 amide bonds. The van der Waals surface area contributed by atoms with Crippen LogP contribution in [0.15, 0.2) is 57.7 Å². The Balaban J connectivity index is 2.07. The zero-order valence-electron chi connectivity index (χ0n) is 10.9. The molecule has 0 spiro atoms. The summed E-state index contributed by atoms with van der Waals surface area (Å²) in [7, 11) is 0. The molecule has 0 saturated heterocycles. The van der Waals surface area contributed by atoms with E-state index in [4.69, 9.17) is 16.0 Å². The summed E-state index contributed by atoms with van der Waals surface area (Å²) in [4.78, 5) is 12.0. The van der Waals surface area contributed by atoms with E-state index < -0.39 is 0 Å². The van der Waals surface area contributed by atoms with E-state index in [9.17, 15) is 9.90 Å². The molecule has 2 aromatic carbocycles. The first-order valence-electron chi connectivity index (χ1n) is 6.33. The van der Waals surface area contributed by atoms with E-state index in [2.05, 4.69) is 0 Å². The quantitative estimate of drug-likeness (QED) is 0.766. The maximum atomic E-state index is 12.0. The van der Waals surface area contributed by atoms with Crippen LogP contribution in [0.4, 0.5) is 0 Å². The molecule has 0 aliphatic heterocycles. The van der Waals surface area contributed by atoms with E-state index >= 15 is 0 Å². The van der Waals surface area contributed by atoms with Crippen LogP contribution < -0.4 is 5.43 Å². The molecule has 0 bridgehead atoms. The average molecular weight is 299 g/mol. The molecular formula is C17H11ClO3. The third-order valence-electron chi connectivity index (χ3n) is 3.08. The van der Waals surface area contributed by atoms with Gasteiger partial charge in [0.15, 0.2) is 5.43 Å². The number of hydrogen-bond acceptors (Lipinski definition) is 3. The number of phenols is 1. The number of fused-ring (bicyclic) bond motifs is 1. The number of hydrogen-bond donors (Lipinski definition) is 1. The minimum absolute atomic E-state index is 0.0807. The van der Waals surface area contributed by atoms with Crippen LogP contribution in [0, 0.1) is 0 Å². The SMILES string of the molecule is O=c1cc(/C=C/c2ccccc2Cl)oc2cccc(O)c12. The lowest BCUT2D eigenvalue weighted by Gasteiger charge is -2.01. The van der Waals surface area contributed by atoms with Crippen molar-refractivity contribution in [3.63, 3.8) is 0 Å². The Morgan fingerprint density at radius 2 is 1.86 bits per heavy atom. The molecule has 1 N–H and O–H groups in total. The number of benzene rings is 2. The molecule has 104 valence electrons. The molecule has 3 nitrogen and oxygen atoms in total. The second kappa shape index (κ2) is 5.46. The van der Waals surface area contributed by atoms with Crippen molar-refractivity contribution >= 4 is 34.7 Å². The fourth-order valence-electron chi connectivity index (χ4n) is 2.07. The Labute approximate surface area is 125 Å². The zero-order chi connectivity index (χ0) is 14.8. The summed E-state index contributed by atoms with van der Waals surface area (Å²) in [6, 6.07) is 13.4. The highest BCUT2D eigenvalue weighted by atomic mass is 35.5. The van der Waals surface area contributed by atoms with Gasteiger partial charge in [-0.25, -0.2) is 0 Å². The van der Waals surface area contributed by atoms with Gasteiger partial charge in [-0.05, 0) is 35.9 Å².